The summed E-state index contributed by atoms with van der Waals surface area (Å²) in [6.07, 6.45) is 4.47. The summed E-state index contributed by atoms with van der Waals surface area (Å²) in [5.41, 5.74) is 1.57. The summed E-state index contributed by atoms with van der Waals surface area (Å²) in [6.45, 7) is 5.87. The molecule has 0 heterocycles. The minimum atomic E-state index is -0.0995. The smallest absolute Gasteiger partial charge is 0.221 e. The molecule has 1 saturated carbocycles. The maximum atomic E-state index is 12.7. The summed E-state index contributed by atoms with van der Waals surface area (Å²) in [6, 6.07) is 7.23. The zero-order valence-corrected chi connectivity index (χ0v) is 12.5. The van der Waals surface area contributed by atoms with E-state index >= 15 is 0 Å². The molecule has 1 aliphatic rings. The van der Waals surface area contributed by atoms with Crippen LogP contribution in [-0.4, -0.2) is 11.7 Å². The van der Waals surface area contributed by atoms with Crippen LogP contribution in [0.1, 0.15) is 56.8 Å². The molecule has 1 aromatic rings. The quantitative estimate of drug-likeness (QED) is 0.845. The van der Waals surface area contributed by atoms with Crippen LogP contribution in [0.4, 0.5) is 5.69 Å². The predicted octanol–water partition coefficient (Wildman–Crippen LogP) is 4.04. The van der Waals surface area contributed by atoms with Gasteiger partial charge >= 0.3 is 0 Å². The fraction of sp³-hybridized carbons (Fsp3) is 0.529. The van der Waals surface area contributed by atoms with Crippen LogP contribution in [0.15, 0.2) is 24.3 Å². The monoisotopic (exact) mass is 273 g/mol. The lowest BCUT2D eigenvalue weighted by Gasteiger charge is -2.37. The van der Waals surface area contributed by atoms with Crippen LogP contribution in [-0.2, 0) is 4.79 Å². The Labute approximate surface area is 120 Å². The van der Waals surface area contributed by atoms with Gasteiger partial charge < -0.3 is 5.32 Å². The Morgan fingerprint density at radius 1 is 1.15 bits per heavy atom. The lowest BCUT2D eigenvalue weighted by Crippen LogP contribution is -2.34. The summed E-state index contributed by atoms with van der Waals surface area (Å²) >= 11 is 0. The van der Waals surface area contributed by atoms with E-state index in [0.717, 1.165) is 30.5 Å². The van der Waals surface area contributed by atoms with Crippen LogP contribution in [0.2, 0.25) is 0 Å². The highest BCUT2D eigenvalue weighted by atomic mass is 16.1. The summed E-state index contributed by atoms with van der Waals surface area (Å²) in [5.74, 6) is 0.254. The van der Waals surface area contributed by atoms with Gasteiger partial charge in [0.1, 0.15) is 0 Å². The highest BCUT2D eigenvalue weighted by Crippen LogP contribution is 2.42. The van der Waals surface area contributed by atoms with Crippen molar-refractivity contribution in [2.75, 3.05) is 5.32 Å². The molecule has 1 aliphatic carbocycles. The van der Waals surface area contributed by atoms with Crippen molar-refractivity contribution in [2.45, 2.75) is 46.5 Å². The SMILES string of the molecule is CC(=O)Nc1ccc(C(=O)C2CCCCC2(C)C)cc1. The Morgan fingerprint density at radius 2 is 1.80 bits per heavy atom. The Bertz CT molecular complexity index is 502. The summed E-state index contributed by atoms with van der Waals surface area (Å²) < 4.78 is 0. The number of hydrogen-bond acceptors (Lipinski definition) is 2. The molecule has 1 unspecified atom stereocenters. The van der Waals surface area contributed by atoms with Crippen molar-refractivity contribution in [1.29, 1.82) is 0 Å². The average molecular weight is 273 g/mol. The molecule has 1 aromatic carbocycles. The molecule has 1 amide bonds. The maximum absolute atomic E-state index is 12.7. The predicted molar refractivity (Wildman–Crippen MR) is 80.8 cm³/mol. The lowest BCUT2D eigenvalue weighted by molar-refractivity contribution is -0.114. The molecule has 108 valence electrons. The van der Waals surface area contributed by atoms with Crippen molar-refractivity contribution in [3.8, 4) is 0 Å². The van der Waals surface area contributed by atoms with Crippen LogP contribution < -0.4 is 5.32 Å². The molecule has 3 heteroatoms. The molecule has 1 N–H and O–H groups in total. The van der Waals surface area contributed by atoms with Gasteiger partial charge in [-0.3, -0.25) is 9.59 Å². The molecule has 2 rings (SSSR count). The van der Waals surface area contributed by atoms with Crippen molar-refractivity contribution >= 4 is 17.4 Å². The first-order chi connectivity index (χ1) is 9.40. The Morgan fingerprint density at radius 3 is 2.35 bits per heavy atom. The van der Waals surface area contributed by atoms with Crippen LogP contribution in [0.25, 0.3) is 0 Å². The lowest BCUT2D eigenvalue weighted by atomic mass is 9.66. The van der Waals surface area contributed by atoms with E-state index in [0.29, 0.717) is 0 Å². The van der Waals surface area contributed by atoms with Crippen LogP contribution >= 0.6 is 0 Å². The highest BCUT2D eigenvalue weighted by molar-refractivity contribution is 5.99. The molecule has 0 aromatic heterocycles. The van der Waals surface area contributed by atoms with E-state index in [4.69, 9.17) is 0 Å². The van der Waals surface area contributed by atoms with Gasteiger partial charge in [-0.2, -0.15) is 0 Å². The summed E-state index contributed by atoms with van der Waals surface area (Å²) in [4.78, 5) is 23.6. The normalized spacial score (nSPS) is 21.2. The van der Waals surface area contributed by atoms with E-state index in [9.17, 15) is 9.59 Å². The Kier molecular flexibility index (Phi) is 4.26. The molecule has 0 bridgehead atoms. The first-order valence-electron chi connectivity index (χ1n) is 7.32. The van der Waals surface area contributed by atoms with Gasteiger partial charge in [-0.05, 0) is 42.5 Å². The van der Waals surface area contributed by atoms with Crippen molar-refractivity contribution < 1.29 is 9.59 Å². The van der Waals surface area contributed by atoms with E-state index in [1.165, 1.54) is 13.3 Å². The zero-order chi connectivity index (χ0) is 14.8. The van der Waals surface area contributed by atoms with E-state index in [1.807, 2.05) is 12.1 Å². The first kappa shape index (κ1) is 14.8. The van der Waals surface area contributed by atoms with Gasteiger partial charge in [0.2, 0.25) is 5.91 Å². The minimum absolute atomic E-state index is 0.0889. The molecule has 20 heavy (non-hydrogen) atoms. The van der Waals surface area contributed by atoms with Gasteiger partial charge in [0.15, 0.2) is 5.78 Å². The van der Waals surface area contributed by atoms with Crippen molar-refractivity contribution in [2.24, 2.45) is 11.3 Å². The second kappa shape index (κ2) is 5.78. The molecule has 0 radical (unpaired) electrons. The number of carbonyl (C=O) groups is 2. The van der Waals surface area contributed by atoms with Gasteiger partial charge in [-0.15, -0.1) is 0 Å². The second-order valence-corrected chi connectivity index (χ2v) is 6.41. The number of rotatable bonds is 3. The van der Waals surface area contributed by atoms with Crippen LogP contribution in [0.3, 0.4) is 0 Å². The highest BCUT2D eigenvalue weighted by Gasteiger charge is 2.37. The second-order valence-electron chi connectivity index (χ2n) is 6.41. The van der Waals surface area contributed by atoms with E-state index in [1.54, 1.807) is 12.1 Å². The summed E-state index contributed by atoms with van der Waals surface area (Å²) in [5, 5.41) is 2.72. The molecule has 0 aliphatic heterocycles. The molecule has 0 spiro atoms. The number of nitrogens with one attached hydrogen (secondary N) is 1. The molecule has 3 nitrogen and oxygen atoms in total. The third-order valence-corrected chi connectivity index (χ3v) is 4.31. The van der Waals surface area contributed by atoms with E-state index in [2.05, 4.69) is 19.2 Å². The number of anilines is 1. The average Bonchev–Trinajstić information content (AvgIpc) is 2.37. The fourth-order valence-electron chi connectivity index (χ4n) is 3.10. The first-order valence-corrected chi connectivity index (χ1v) is 7.32. The molecule has 1 fully saturated rings. The van der Waals surface area contributed by atoms with Crippen molar-refractivity contribution in [3.63, 3.8) is 0 Å². The fourth-order valence-corrected chi connectivity index (χ4v) is 3.10. The molecular weight excluding hydrogens is 250 g/mol. The largest absolute Gasteiger partial charge is 0.326 e. The Balaban J connectivity index is 2.14. The third kappa shape index (κ3) is 3.27. The van der Waals surface area contributed by atoms with Gasteiger partial charge in [0.25, 0.3) is 0 Å². The zero-order valence-electron chi connectivity index (χ0n) is 12.5. The van der Waals surface area contributed by atoms with Crippen LogP contribution in [0, 0.1) is 11.3 Å². The minimum Gasteiger partial charge on any atom is -0.326 e. The van der Waals surface area contributed by atoms with E-state index < -0.39 is 0 Å². The number of ketones is 1. The standard InChI is InChI=1S/C17H23NO2/c1-12(19)18-14-9-7-13(8-10-14)16(20)15-6-4-5-11-17(15,2)3/h7-10,15H,4-6,11H2,1-3H3,(H,18,19). The third-order valence-electron chi connectivity index (χ3n) is 4.31. The maximum Gasteiger partial charge on any atom is 0.221 e. The topological polar surface area (TPSA) is 46.2 Å². The van der Waals surface area contributed by atoms with Gasteiger partial charge in [0.05, 0.1) is 0 Å². The van der Waals surface area contributed by atoms with Gasteiger partial charge in [-0.25, -0.2) is 0 Å². The van der Waals surface area contributed by atoms with Crippen LogP contribution in [0.5, 0.6) is 0 Å². The molecular formula is C17H23NO2. The van der Waals surface area contributed by atoms with E-state index in [-0.39, 0.29) is 23.0 Å². The van der Waals surface area contributed by atoms with Gasteiger partial charge in [-0.1, -0.05) is 26.7 Å². The molecule has 1 atom stereocenters. The number of benzene rings is 1. The summed E-state index contributed by atoms with van der Waals surface area (Å²) in [7, 11) is 0. The van der Waals surface area contributed by atoms with Crippen molar-refractivity contribution in [1.82, 2.24) is 0 Å². The molecule has 0 saturated heterocycles. The number of Topliss-reactive ketones (excluding diaryl/α,β-unsaturated/α-hetero) is 1. The number of hydrogen-bond donors (Lipinski definition) is 1. The number of carbonyl (C=O) groups excluding carboxylic acids is 2. The number of amides is 1. The van der Waals surface area contributed by atoms with Crippen molar-refractivity contribution in [3.05, 3.63) is 29.8 Å². The van der Waals surface area contributed by atoms with Gasteiger partial charge in [0, 0.05) is 24.1 Å². The Hall–Kier alpha value is -1.64.